The number of hydrogen-bond acceptors (Lipinski definition) is 6. The zero-order chi connectivity index (χ0) is 22.2. The number of benzene rings is 2. The summed E-state index contributed by atoms with van der Waals surface area (Å²) in [5.74, 6) is 0.861. The molecule has 3 N–H and O–H groups in total. The van der Waals surface area contributed by atoms with Gasteiger partial charge in [-0.15, -0.1) is 11.8 Å². The quantitative estimate of drug-likeness (QED) is 0.423. The maximum atomic E-state index is 13.3. The number of halogens is 1. The highest BCUT2D eigenvalue weighted by Gasteiger charge is 2.22. The van der Waals surface area contributed by atoms with Crippen LogP contribution in [0.25, 0.3) is 0 Å². The van der Waals surface area contributed by atoms with Gasteiger partial charge in [0.05, 0.1) is 12.2 Å². The molecule has 2 aromatic carbocycles. The molecule has 0 saturated carbocycles. The van der Waals surface area contributed by atoms with Gasteiger partial charge < -0.3 is 20.1 Å². The number of fused-ring (bicyclic) bond motifs is 1. The van der Waals surface area contributed by atoms with Crippen molar-refractivity contribution in [3.63, 3.8) is 0 Å². The highest BCUT2D eigenvalue weighted by atomic mass is 32.2. The van der Waals surface area contributed by atoms with Gasteiger partial charge >= 0.3 is 0 Å². The number of methoxy groups -OCH3 is 1. The van der Waals surface area contributed by atoms with Crippen LogP contribution in [-0.4, -0.2) is 33.1 Å². The lowest BCUT2D eigenvalue weighted by molar-refractivity contribution is 0.0717. The van der Waals surface area contributed by atoms with Crippen LogP contribution in [0.3, 0.4) is 0 Å². The van der Waals surface area contributed by atoms with E-state index in [1.807, 2.05) is 30.5 Å². The van der Waals surface area contributed by atoms with Crippen molar-refractivity contribution in [1.82, 2.24) is 5.32 Å². The smallest absolute Gasteiger partial charge is 0.143 e. The number of allylic oxidation sites excluding steroid dienone is 1. The van der Waals surface area contributed by atoms with Crippen molar-refractivity contribution >= 4 is 23.1 Å². The van der Waals surface area contributed by atoms with Crippen molar-refractivity contribution in [2.75, 3.05) is 38.0 Å². The van der Waals surface area contributed by atoms with Gasteiger partial charge in [-0.3, -0.25) is 5.32 Å². The van der Waals surface area contributed by atoms with Gasteiger partial charge in [0.2, 0.25) is 0 Å². The number of nitrogens with zero attached hydrogens (tertiary/aromatic N) is 1. The Hall–Kier alpha value is -2.48. The molecular weight excluding hydrogens is 413 g/mol. The van der Waals surface area contributed by atoms with Crippen LogP contribution in [0.4, 0.5) is 15.8 Å². The van der Waals surface area contributed by atoms with Gasteiger partial charge in [0.25, 0.3) is 0 Å². The Kier molecular flexibility index (Phi) is 8.40. The minimum Gasteiger partial charge on any atom is -0.490 e. The predicted octanol–water partition coefficient (Wildman–Crippen LogP) is 4.95. The molecule has 2 atom stereocenters. The molecule has 3 rings (SSSR count). The van der Waals surface area contributed by atoms with Crippen molar-refractivity contribution in [2.45, 2.75) is 13.2 Å². The van der Waals surface area contributed by atoms with Gasteiger partial charge in [-0.05, 0) is 54.1 Å². The summed E-state index contributed by atoms with van der Waals surface area (Å²) in [6.07, 6.45) is 7.53. The second kappa shape index (κ2) is 11.2. The first-order valence-electron chi connectivity index (χ1n) is 10.3. The fourth-order valence-corrected chi connectivity index (χ4v) is 3.79. The Balaban J connectivity index is 1.70. The van der Waals surface area contributed by atoms with Crippen molar-refractivity contribution in [3.8, 4) is 5.75 Å². The van der Waals surface area contributed by atoms with E-state index in [1.165, 1.54) is 12.1 Å². The molecule has 31 heavy (non-hydrogen) atoms. The maximum absolute atomic E-state index is 13.3. The van der Waals surface area contributed by atoms with E-state index in [-0.39, 0.29) is 12.0 Å². The fraction of sp³-hybridized carbons (Fsp3) is 0.333. The van der Waals surface area contributed by atoms with Crippen molar-refractivity contribution in [1.29, 1.82) is 0 Å². The van der Waals surface area contributed by atoms with Gasteiger partial charge in [-0.1, -0.05) is 25.1 Å². The SMILES string of the molecule is COC(NCC(C)/C=C\C(=C/N)SC)c1ccc2c(c1)OCCN2c1ccc(F)cc1. The third-order valence-electron chi connectivity index (χ3n) is 5.14. The van der Waals surface area contributed by atoms with Crippen LogP contribution in [0.15, 0.2) is 65.7 Å². The Bertz CT molecular complexity index is 918. The Morgan fingerprint density at radius 1 is 1.32 bits per heavy atom. The summed E-state index contributed by atoms with van der Waals surface area (Å²) < 4.78 is 24.9. The molecule has 7 heteroatoms. The lowest BCUT2D eigenvalue weighted by atomic mass is 10.1. The van der Waals surface area contributed by atoms with Crippen LogP contribution >= 0.6 is 11.8 Å². The summed E-state index contributed by atoms with van der Waals surface area (Å²) in [5, 5.41) is 3.46. The van der Waals surface area contributed by atoms with Crippen LogP contribution in [0.5, 0.6) is 5.75 Å². The molecule has 1 aliphatic rings. The lowest BCUT2D eigenvalue weighted by Gasteiger charge is -2.32. The molecule has 0 fully saturated rings. The first kappa shape index (κ1) is 23.2. The molecule has 5 nitrogen and oxygen atoms in total. The molecule has 0 saturated heterocycles. The van der Waals surface area contributed by atoms with Gasteiger partial charge in [0, 0.05) is 30.4 Å². The molecule has 0 aromatic heterocycles. The zero-order valence-electron chi connectivity index (χ0n) is 18.2. The molecule has 0 radical (unpaired) electrons. The Morgan fingerprint density at radius 2 is 2.10 bits per heavy atom. The largest absolute Gasteiger partial charge is 0.490 e. The van der Waals surface area contributed by atoms with E-state index in [0.29, 0.717) is 19.1 Å². The first-order valence-corrected chi connectivity index (χ1v) is 11.5. The number of nitrogens with one attached hydrogen (secondary N) is 1. The standard InChI is InChI=1S/C24H30FN3O2S/c1-17(4-10-21(15-26)31-3)16-27-24(29-2)18-5-11-22-23(14-18)30-13-12-28(22)20-8-6-19(25)7-9-20/h4-11,14-15,17,24,27H,12-13,16,26H2,1-3H3/b10-4-,21-15+. The molecule has 1 aliphatic heterocycles. The van der Waals surface area contributed by atoms with Crippen molar-refractivity contribution in [3.05, 3.63) is 77.1 Å². The molecule has 2 aromatic rings. The Labute approximate surface area is 188 Å². The highest BCUT2D eigenvalue weighted by molar-refractivity contribution is 8.02. The number of anilines is 2. The molecule has 0 spiro atoms. The second-order valence-corrected chi connectivity index (χ2v) is 8.22. The highest BCUT2D eigenvalue weighted by Crippen LogP contribution is 2.38. The van der Waals surface area contributed by atoms with Crippen molar-refractivity contribution < 1.29 is 13.9 Å². The van der Waals surface area contributed by atoms with Gasteiger partial charge in [-0.2, -0.15) is 0 Å². The summed E-state index contributed by atoms with van der Waals surface area (Å²) in [7, 11) is 1.69. The summed E-state index contributed by atoms with van der Waals surface area (Å²) in [6.45, 7) is 4.17. The summed E-state index contributed by atoms with van der Waals surface area (Å²) in [4.78, 5) is 3.17. The third kappa shape index (κ3) is 6.03. The third-order valence-corrected chi connectivity index (χ3v) is 5.88. The normalized spacial score (nSPS) is 16.1. The van der Waals surface area contributed by atoms with Crippen molar-refractivity contribution in [2.24, 2.45) is 11.7 Å². The van der Waals surface area contributed by atoms with Crippen LogP contribution in [-0.2, 0) is 4.74 Å². The molecule has 0 aliphatic carbocycles. The minimum atomic E-state index is -0.254. The molecule has 0 amide bonds. The monoisotopic (exact) mass is 443 g/mol. The maximum Gasteiger partial charge on any atom is 0.143 e. The molecule has 2 unspecified atom stereocenters. The number of rotatable bonds is 9. The van der Waals surface area contributed by atoms with Gasteiger partial charge in [0.1, 0.15) is 24.4 Å². The molecule has 0 bridgehead atoms. The number of thioether (sulfide) groups is 1. The van der Waals surface area contributed by atoms with E-state index in [4.69, 9.17) is 15.2 Å². The average molecular weight is 444 g/mol. The van der Waals surface area contributed by atoms with Gasteiger partial charge in [0.15, 0.2) is 0 Å². The number of ether oxygens (including phenoxy) is 2. The zero-order valence-corrected chi connectivity index (χ0v) is 19.0. The predicted molar refractivity (Wildman–Crippen MR) is 127 cm³/mol. The fourth-order valence-electron chi connectivity index (χ4n) is 3.44. The number of nitrogens with two attached hydrogens (primary N) is 1. The number of hydrogen-bond donors (Lipinski definition) is 2. The van der Waals surface area contributed by atoms with Crippen LogP contribution in [0.2, 0.25) is 0 Å². The van der Waals surface area contributed by atoms with Gasteiger partial charge in [-0.25, -0.2) is 4.39 Å². The lowest BCUT2D eigenvalue weighted by Crippen LogP contribution is -2.30. The van der Waals surface area contributed by atoms with Crippen LogP contribution in [0.1, 0.15) is 18.7 Å². The van der Waals surface area contributed by atoms with E-state index >= 15 is 0 Å². The summed E-state index contributed by atoms with van der Waals surface area (Å²) >= 11 is 1.62. The van der Waals surface area contributed by atoms with E-state index in [1.54, 1.807) is 37.2 Å². The van der Waals surface area contributed by atoms with E-state index in [9.17, 15) is 4.39 Å². The second-order valence-electron chi connectivity index (χ2n) is 7.34. The summed E-state index contributed by atoms with van der Waals surface area (Å²) in [6, 6.07) is 12.6. The van der Waals surface area contributed by atoms with Crippen LogP contribution in [0, 0.1) is 11.7 Å². The van der Waals surface area contributed by atoms with E-state index in [0.717, 1.165) is 34.1 Å². The Morgan fingerprint density at radius 3 is 2.77 bits per heavy atom. The van der Waals surface area contributed by atoms with E-state index in [2.05, 4.69) is 23.2 Å². The molecular formula is C24H30FN3O2S. The first-order chi connectivity index (χ1) is 15.0. The van der Waals surface area contributed by atoms with E-state index < -0.39 is 0 Å². The summed E-state index contributed by atoms with van der Waals surface area (Å²) in [5.41, 5.74) is 8.49. The molecule has 1 heterocycles. The topological polar surface area (TPSA) is 59.8 Å². The average Bonchev–Trinajstić information content (AvgIpc) is 2.80. The van der Waals surface area contributed by atoms with Crippen LogP contribution < -0.4 is 20.7 Å². The molecule has 166 valence electrons. The minimum absolute atomic E-state index is 0.241.